The molecule has 0 radical (unpaired) electrons. The van der Waals surface area contributed by atoms with Crippen molar-refractivity contribution in [1.82, 2.24) is 10.4 Å². The predicted molar refractivity (Wildman–Crippen MR) is 137 cm³/mol. The van der Waals surface area contributed by atoms with Crippen LogP contribution in [-0.4, -0.2) is 35.8 Å². The number of rotatable bonds is 10. The van der Waals surface area contributed by atoms with E-state index in [1.807, 2.05) is 78.9 Å². The highest BCUT2D eigenvalue weighted by Crippen LogP contribution is 2.29. The van der Waals surface area contributed by atoms with Crippen LogP contribution in [0.1, 0.15) is 24.5 Å². The number of nitrogens with zero attached hydrogens (tertiary/aromatic N) is 2. The number of hydrogen-bond donors (Lipinski definition) is 3. The standard InChI is InChI=1S/C27H31N5O3/c1-19(33)16-23(30-27(34)26(28)31-32(29)18-21-8-4-3-5-9-21)17-20-12-14-22(15-13-20)24-10-6-7-11-25(24)35-2/h3-15,23H,16-18,29H2,1-2H3,(H2,28,31)(H,30,34)/t23-/m0/s1. The summed E-state index contributed by atoms with van der Waals surface area (Å²) in [5.74, 6) is 5.78. The number of methoxy groups -OCH3 is 1. The fourth-order valence-corrected chi connectivity index (χ4v) is 3.76. The average molecular weight is 474 g/mol. The van der Waals surface area contributed by atoms with Crippen molar-refractivity contribution >= 4 is 17.5 Å². The molecule has 0 aliphatic rings. The maximum atomic E-state index is 12.6. The highest BCUT2D eigenvalue weighted by molar-refractivity contribution is 6.37. The molecule has 182 valence electrons. The van der Waals surface area contributed by atoms with E-state index in [1.54, 1.807) is 7.11 Å². The lowest BCUT2D eigenvalue weighted by Crippen LogP contribution is -2.45. The Labute approximate surface area is 205 Å². The van der Waals surface area contributed by atoms with E-state index in [9.17, 15) is 9.59 Å². The lowest BCUT2D eigenvalue weighted by Gasteiger charge is -2.19. The Balaban J connectivity index is 1.66. The van der Waals surface area contributed by atoms with Gasteiger partial charge < -0.3 is 15.8 Å². The van der Waals surface area contributed by atoms with Gasteiger partial charge in [0.05, 0.1) is 13.7 Å². The van der Waals surface area contributed by atoms with Crippen LogP contribution in [0.3, 0.4) is 0 Å². The van der Waals surface area contributed by atoms with Crippen molar-refractivity contribution in [1.29, 1.82) is 0 Å². The topological polar surface area (TPSA) is 123 Å². The van der Waals surface area contributed by atoms with Gasteiger partial charge in [-0.15, -0.1) is 5.10 Å². The normalized spacial score (nSPS) is 12.0. The molecule has 35 heavy (non-hydrogen) atoms. The number of nitrogens with one attached hydrogen (secondary N) is 1. The molecule has 0 saturated carbocycles. The Hall–Kier alpha value is -4.17. The first-order valence-corrected chi connectivity index (χ1v) is 11.3. The Bertz CT molecular complexity index is 1160. The van der Waals surface area contributed by atoms with E-state index in [-0.39, 0.29) is 18.0 Å². The summed E-state index contributed by atoms with van der Waals surface area (Å²) in [4.78, 5) is 24.5. The molecule has 0 aliphatic carbocycles. The average Bonchev–Trinajstić information content (AvgIpc) is 2.84. The number of amides is 1. The van der Waals surface area contributed by atoms with Crippen LogP contribution in [0.2, 0.25) is 0 Å². The minimum atomic E-state index is -0.578. The molecular weight excluding hydrogens is 442 g/mol. The molecule has 0 fully saturated rings. The third kappa shape index (κ3) is 7.68. The second-order valence-electron chi connectivity index (χ2n) is 8.25. The number of benzene rings is 3. The van der Waals surface area contributed by atoms with E-state index < -0.39 is 11.9 Å². The summed E-state index contributed by atoms with van der Waals surface area (Å²) in [5.41, 5.74) is 9.77. The maximum Gasteiger partial charge on any atom is 0.288 e. The third-order valence-corrected chi connectivity index (χ3v) is 5.38. The summed E-state index contributed by atoms with van der Waals surface area (Å²) in [6.07, 6.45) is 0.630. The summed E-state index contributed by atoms with van der Waals surface area (Å²) >= 11 is 0. The zero-order chi connectivity index (χ0) is 25.2. The largest absolute Gasteiger partial charge is 0.496 e. The number of ether oxygens (including phenoxy) is 1. The summed E-state index contributed by atoms with van der Waals surface area (Å²) in [6, 6.07) is 24.7. The van der Waals surface area contributed by atoms with E-state index >= 15 is 0 Å². The molecule has 3 aromatic carbocycles. The highest BCUT2D eigenvalue weighted by Gasteiger charge is 2.18. The van der Waals surface area contributed by atoms with Crippen LogP contribution in [0.5, 0.6) is 5.75 Å². The van der Waals surface area contributed by atoms with Crippen LogP contribution in [0.4, 0.5) is 0 Å². The molecule has 0 bridgehead atoms. The van der Waals surface area contributed by atoms with Gasteiger partial charge in [0.15, 0.2) is 0 Å². The zero-order valence-electron chi connectivity index (χ0n) is 20.0. The molecule has 0 aliphatic heterocycles. The van der Waals surface area contributed by atoms with Gasteiger partial charge in [0, 0.05) is 18.0 Å². The van der Waals surface area contributed by atoms with Crippen molar-refractivity contribution in [2.24, 2.45) is 16.7 Å². The SMILES string of the molecule is COc1ccccc1-c1ccc(C[C@H](CC(C)=O)NC(=O)/C(N)=N/N(N)Cc2ccccc2)cc1. The second-order valence-corrected chi connectivity index (χ2v) is 8.25. The monoisotopic (exact) mass is 473 g/mol. The molecule has 3 rings (SSSR count). The molecule has 0 saturated heterocycles. The van der Waals surface area contributed by atoms with Gasteiger partial charge in [0.25, 0.3) is 5.91 Å². The number of amidine groups is 1. The molecule has 8 nitrogen and oxygen atoms in total. The van der Waals surface area contributed by atoms with Crippen LogP contribution in [0.15, 0.2) is 84.0 Å². The molecule has 0 spiro atoms. The zero-order valence-corrected chi connectivity index (χ0v) is 20.0. The van der Waals surface area contributed by atoms with E-state index in [4.69, 9.17) is 16.3 Å². The molecule has 0 unspecified atom stereocenters. The van der Waals surface area contributed by atoms with Crippen LogP contribution in [-0.2, 0) is 22.6 Å². The van der Waals surface area contributed by atoms with Crippen molar-refractivity contribution in [2.75, 3.05) is 7.11 Å². The van der Waals surface area contributed by atoms with E-state index in [1.165, 1.54) is 6.92 Å². The summed E-state index contributed by atoms with van der Waals surface area (Å²) < 4.78 is 5.44. The van der Waals surface area contributed by atoms with E-state index in [0.717, 1.165) is 33.1 Å². The molecular formula is C27H31N5O3. The van der Waals surface area contributed by atoms with Crippen molar-refractivity contribution in [3.05, 3.63) is 90.0 Å². The van der Waals surface area contributed by atoms with Gasteiger partial charge in [-0.05, 0) is 36.1 Å². The first-order valence-electron chi connectivity index (χ1n) is 11.3. The van der Waals surface area contributed by atoms with Crippen molar-refractivity contribution in [2.45, 2.75) is 32.4 Å². The van der Waals surface area contributed by atoms with Gasteiger partial charge >= 0.3 is 0 Å². The van der Waals surface area contributed by atoms with Gasteiger partial charge in [-0.2, -0.15) is 0 Å². The Morgan fingerprint density at radius 3 is 2.29 bits per heavy atom. The minimum Gasteiger partial charge on any atom is -0.496 e. The smallest absolute Gasteiger partial charge is 0.288 e. The number of para-hydroxylation sites is 1. The number of hydrazone groups is 1. The summed E-state index contributed by atoms with van der Waals surface area (Å²) in [6.45, 7) is 1.78. The van der Waals surface area contributed by atoms with Gasteiger partial charge in [-0.3, -0.25) is 9.59 Å². The first-order chi connectivity index (χ1) is 16.9. The fourth-order valence-electron chi connectivity index (χ4n) is 3.76. The van der Waals surface area contributed by atoms with Crippen LogP contribution in [0, 0.1) is 0 Å². The number of Topliss-reactive ketones (excluding diaryl/α,β-unsaturated/α-hetero) is 1. The molecule has 0 heterocycles. The molecule has 8 heteroatoms. The lowest BCUT2D eigenvalue weighted by molar-refractivity contribution is -0.118. The van der Waals surface area contributed by atoms with Crippen LogP contribution in [0.25, 0.3) is 11.1 Å². The number of nitrogens with two attached hydrogens (primary N) is 2. The predicted octanol–water partition coefficient (Wildman–Crippen LogP) is 3.02. The molecule has 1 atom stereocenters. The fraction of sp³-hybridized carbons (Fsp3) is 0.222. The van der Waals surface area contributed by atoms with Crippen molar-refractivity contribution in [3.63, 3.8) is 0 Å². The van der Waals surface area contributed by atoms with Crippen molar-refractivity contribution < 1.29 is 14.3 Å². The van der Waals surface area contributed by atoms with E-state index in [0.29, 0.717) is 13.0 Å². The molecule has 1 amide bonds. The quantitative estimate of drug-likeness (QED) is 0.180. The maximum absolute atomic E-state index is 12.6. The number of carbonyl (C=O) groups excluding carboxylic acids is 2. The third-order valence-electron chi connectivity index (χ3n) is 5.38. The number of carbonyl (C=O) groups is 2. The highest BCUT2D eigenvalue weighted by atomic mass is 16.5. The molecule has 5 N–H and O–H groups in total. The number of hydrogen-bond acceptors (Lipinski definition) is 6. The lowest BCUT2D eigenvalue weighted by atomic mass is 9.98. The number of hydrazine groups is 1. The van der Waals surface area contributed by atoms with Gasteiger partial charge in [0.1, 0.15) is 11.5 Å². The summed E-state index contributed by atoms with van der Waals surface area (Å²) in [5, 5.41) is 7.89. The molecule has 3 aromatic rings. The first kappa shape index (κ1) is 25.5. The van der Waals surface area contributed by atoms with Crippen LogP contribution < -0.4 is 21.6 Å². The second kappa shape index (κ2) is 12.3. The van der Waals surface area contributed by atoms with E-state index in [2.05, 4.69) is 10.4 Å². The van der Waals surface area contributed by atoms with Gasteiger partial charge in [0.2, 0.25) is 5.84 Å². The Morgan fingerprint density at radius 2 is 1.63 bits per heavy atom. The van der Waals surface area contributed by atoms with Crippen LogP contribution >= 0.6 is 0 Å². The Kier molecular flexibility index (Phi) is 8.97. The van der Waals surface area contributed by atoms with Gasteiger partial charge in [-0.1, -0.05) is 72.8 Å². The van der Waals surface area contributed by atoms with Crippen molar-refractivity contribution in [3.8, 4) is 16.9 Å². The molecule has 0 aromatic heterocycles. The van der Waals surface area contributed by atoms with Gasteiger partial charge in [-0.25, -0.2) is 11.0 Å². The minimum absolute atomic E-state index is 0.0408. The number of ketones is 1. The Morgan fingerprint density at radius 1 is 0.971 bits per heavy atom. The summed E-state index contributed by atoms with van der Waals surface area (Å²) in [7, 11) is 1.64.